The van der Waals surface area contributed by atoms with Crippen LogP contribution in [0.5, 0.6) is 0 Å². The monoisotopic (exact) mass is 206 g/mol. The summed E-state index contributed by atoms with van der Waals surface area (Å²) in [4.78, 5) is 4.42. The first kappa shape index (κ1) is 12.0. The third-order valence-corrected chi connectivity index (χ3v) is 2.98. The van der Waals surface area contributed by atoms with Gasteiger partial charge in [-0.1, -0.05) is 33.8 Å². The Morgan fingerprint density at radius 1 is 1.27 bits per heavy atom. The summed E-state index contributed by atoms with van der Waals surface area (Å²) in [6.45, 7) is 9.86. The Hall–Kier alpha value is -1.05. The molecule has 1 aromatic heterocycles. The summed E-state index contributed by atoms with van der Waals surface area (Å²) in [6.07, 6.45) is 4.25. The molecule has 1 heterocycles. The molecule has 0 fully saturated rings. The van der Waals surface area contributed by atoms with Gasteiger partial charge in [-0.25, -0.2) is 4.98 Å². The van der Waals surface area contributed by atoms with Gasteiger partial charge in [-0.2, -0.15) is 0 Å². The van der Waals surface area contributed by atoms with Crippen LogP contribution in [0.1, 0.15) is 46.1 Å². The minimum atomic E-state index is 0.232. The van der Waals surface area contributed by atoms with Crippen LogP contribution in [0.4, 0.5) is 5.82 Å². The Morgan fingerprint density at radius 3 is 2.47 bits per heavy atom. The maximum atomic E-state index is 4.42. The number of hydrogen-bond donors (Lipinski definition) is 1. The van der Waals surface area contributed by atoms with Gasteiger partial charge in [-0.3, -0.25) is 0 Å². The highest BCUT2D eigenvalue weighted by molar-refractivity contribution is 5.37. The molecule has 0 saturated carbocycles. The van der Waals surface area contributed by atoms with Crippen molar-refractivity contribution in [2.45, 2.75) is 46.0 Å². The van der Waals surface area contributed by atoms with Crippen LogP contribution in [0.2, 0.25) is 0 Å². The Labute approximate surface area is 93.1 Å². The lowest BCUT2D eigenvalue weighted by Gasteiger charge is -2.22. The molecule has 1 rings (SSSR count). The predicted molar refractivity (Wildman–Crippen MR) is 66.3 cm³/mol. The van der Waals surface area contributed by atoms with Gasteiger partial charge in [0.25, 0.3) is 0 Å². The van der Waals surface area contributed by atoms with E-state index in [1.807, 2.05) is 6.20 Å². The molecule has 0 aliphatic carbocycles. The Balaban J connectivity index is 2.72. The molecular formula is C13H22N2. The number of pyridine rings is 1. The third kappa shape index (κ3) is 3.22. The zero-order valence-electron chi connectivity index (χ0n) is 10.3. The van der Waals surface area contributed by atoms with E-state index in [1.54, 1.807) is 0 Å². The summed E-state index contributed by atoms with van der Waals surface area (Å²) in [5.74, 6) is 0.979. The number of anilines is 1. The first-order valence-electron chi connectivity index (χ1n) is 5.80. The fourth-order valence-corrected chi connectivity index (χ4v) is 1.36. The van der Waals surface area contributed by atoms with Crippen molar-refractivity contribution in [1.82, 2.24) is 4.98 Å². The molecule has 1 aromatic rings. The van der Waals surface area contributed by atoms with Gasteiger partial charge in [-0.05, 0) is 29.9 Å². The SMILES string of the molecule is CCCNc1ccc(C(C)(C)CC)cn1. The average molecular weight is 206 g/mol. The molecule has 1 N–H and O–H groups in total. The van der Waals surface area contributed by atoms with Gasteiger partial charge in [0.05, 0.1) is 0 Å². The van der Waals surface area contributed by atoms with E-state index < -0.39 is 0 Å². The summed E-state index contributed by atoms with van der Waals surface area (Å²) < 4.78 is 0. The van der Waals surface area contributed by atoms with Gasteiger partial charge in [0.1, 0.15) is 5.82 Å². The van der Waals surface area contributed by atoms with Crippen molar-refractivity contribution in [2.24, 2.45) is 0 Å². The predicted octanol–water partition coefficient (Wildman–Crippen LogP) is 3.59. The number of nitrogens with one attached hydrogen (secondary N) is 1. The van der Waals surface area contributed by atoms with Crippen molar-refractivity contribution in [3.8, 4) is 0 Å². The zero-order valence-corrected chi connectivity index (χ0v) is 10.3. The van der Waals surface area contributed by atoms with Crippen molar-refractivity contribution < 1.29 is 0 Å². The summed E-state index contributed by atoms with van der Waals surface area (Å²) in [5.41, 5.74) is 1.54. The molecule has 0 amide bonds. The van der Waals surface area contributed by atoms with Crippen molar-refractivity contribution >= 4 is 5.82 Å². The Morgan fingerprint density at radius 2 is 2.00 bits per heavy atom. The van der Waals surface area contributed by atoms with Crippen LogP contribution in [0, 0.1) is 0 Å². The van der Waals surface area contributed by atoms with Crippen LogP contribution < -0.4 is 5.32 Å². The van der Waals surface area contributed by atoms with Crippen LogP contribution in [0.15, 0.2) is 18.3 Å². The van der Waals surface area contributed by atoms with Crippen LogP contribution >= 0.6 is 0 Å². The second kappa shape index (κ2) is 5.15. The highest BCUT2D eigenvalue weighted by Gasteiger charge is 2.17. The first-order valence-corrected chi connectivity index (χ1v) is 5.80. The third-order valence-electron chi connectivity index (χ3n) is 2.98. The van der Waals surface area contributed by atoms with Gasteiger partial charge in [0.2, 0.25) is 0 Å². The quantitative estimate of drug-likeness (QED) is 0.796. The fourth-order valence-electron chi connectivity index (χ4n) is 1.36. The normalized spacial score (nSPS) is 11.5. The average Bonchev–Trinajstić information content (AvgIpc) is 2.27. The van der Waals surface area contributed by atoms with Gasteiger partial charge in [-0.15, -0.1) is 0 Å². The maximum Gasteiger partial charge on any atom is 0.125 e. The molecule has 0 aromatic carbocycles. The summed E-state index contributed by atoms with van der Waals surface area (Å²) in [7, 11) is 0. The molecule has 2 nitrogen and oxygen atoms in total. The lowest BCUT2D eigenvalue weighted by Crippen LogP contribution is -2.15. The summed E-state index contributed by atoms with van der Waals surface area (Å²) in [6, 6.07) is 4.25. The number of nitrogens with zero attached hydrogens (tertiary/aromatic N) is 1. The summed E-state index contributed by atoms with van der Waals surface area (Å²) in [5, 5.41) is 3.28. The molecule has 0 atom stereocenters. The van der Waals surface area contributed by atoms with Crippen LogP contribution in [0.25, 0.3) is 0 Å². The van der Waals surface area contributed by atoms with E-state index in [1.165, 1.54) is 5.56 Å². The van der Waals surface area contributed by atoms with E-state index in [0.717, 1.165) is 25.2 Å². The number of hydrogen-bond acceptors (Lipinski definition) is 2. The molecule has 0 bridgehead atoms. The highest BCUT2D eigenvalue weighted by atomic mass is 15.0. The van der Waals surface area contributed by atoms with Gasteiger partial charge < -0.3 is 5.32 Å². The van der Waals surface area contributed by atoms with Crippen molar-refractivity contribution in [2.75, 3.05) is 11.9 Å². The minimum Gasteiger partial charge on any atom is -0.370 e. The molecule has 84 valence electrons. The van der Waals surface area contributed by atoms with Crippen LogP contribution in [0.3, 0.4) is 0 Å². The molecule has 0 radical (unpaired) electrons. The lowest BCUT2D eigenvalue weighted by molar-refractivity contribution is 0.504. The standard InChI is InChI=1S/C13H22N2/c1-5-9-14-12-8-7-11(10-15-12)13(3,4)6-2/h7-8,10H,5-6,9H2,1-4H3,(H,14,15). The van der Waals surface area contributed by atoms with Gasteiger partial charge in [0, 0.05) is 12.7 Å². The molecule has 0 aliphatic rings. The Bertz CT molecular complexity index is 288. The molecule has 0 spiro atoms. The minimum absolute atomic E-state index is 0.232. The van der Waals surface area contributed by atoms with E-state index in [4.69, 9.17) is 0 Å². The van der Waals surface area contributed by atoms with E-state index in [0.29, 0.717) is 0 Å². The topological polar surface area (TPSA) is 24.9 Å². The van der Waals surface area contributed by atoms with Crippen molar-refractivity contribution in [3.63, 3.8) is 0 Å². The Kier molecular flexibility index (Phi) is 4.13. The van der Waals surface area contributed by atoms with Crippen molar-refractivity contribution in [3.05, 3.63) is 23.9 Å². The second-order valence-corrected chi connectivity index (χ2v) is 4.60. The van der Waals surface area contributed by atoms with Gasteiger partial charge in [0.15, 0.2) is 0 Å². The van der Waals surface area contributed by atoms with E-state index >= 15 is 0 Å². The zero-order chi connectivity index (χ0) is 11.3. The molecule has 15 heavy (non-hydrogen) atoms. The molecule has 2 heteroatoms. The van der Waals surface area contributed by atoms with Crippen LogP contribution in [-0.2, 0) is 5.41 Å². The van der Waals surface area contributed by atoms with E-state index in [9.17, 15) is 0 Å². The van der Waals surface area contributed by atoms with E-state index in [-0.39, 0.29) is 5.41 Å². The van der Waals surface area contributed by atoms with E-state index in [2.05, 4.69) is 50.1 Å². The molecule has 0 saturated heterocycles. The number of aromatic nitrogens is 1. The smallest absolute Gasteiger partial charge is 0.125 e. The second-order valence-electron chi connectivity index (χ2n) is 4.60. The molecule has 0 aliphatic heterocycles. The maximum absolute atomic E-state index is 4.42. The molecular weight excluding hydrogens is 184 g/mol. The van der Waals surface area contributed by atoms with Crippen LogP contribution in [-0.4, -0.2) is 11.5 Å². The van der Waals surface area contributed by atoms with Crippen molar-refractivity contribution in [1.29, 1.82) is 0 Å². The lowest BCUT2D eigenvalue weighted by atomic mass is 9.83. The highest BCUT2D eigenvalue weighted by Crippen LogP contribution is 2.26. The largest absolute Gasteiger partial charge is 0.370 e. The number of rotatable bonds is 5. The van der Waals surface area contributed by atoms with Gasteiger partial charge >= 0.3 is 0 Å². The summed E-state index contributed by atoms with van der Waals surface area (Å²) >= 11 is 0. The molecule has 0 unspecified atom stereocenters. The fraction of sp³-hybridized carbons (Fsp3) is 0.615. The first-order chi connectivity index (χ1) is 7.10.